The van der Waals surface area contributed by atoms with Crippen LogP contribution in [0.1, 0.15) is 36.1 Å². The lowest BCUT2D eigenvalue weighted by Crippen LogP contribution is -2.31. The summed E-state index contributed by atoms with van der Waals surface area (Å²) in [5.74, 6) is 1.94. The predicted molar refractivity (Wildman–Crippen MR) is 72.2 cm³/mol. The van der Waals surface area contributed by atoms with E-state index in [9.17, 15) is 0 Å². The first kappa shape index (κ1) is 12.4. The average Bonchev–Trinajstić information content (AvgIpc) is 2.22. The van der Waals surface area contributed by atoms with Crippen LogP contribution in [-0.2, 0) is 6.54 Å². The second-order valence-corrected chi connectivity index (χ2v) is 5.26. The Balaban J connectivity index is 2.22. The minimum Gasteiger partial charge on any atom is -0.359 e. The molecule has 1 aromatic rings. The van der Waals surface area contributed by atoms with Crippen molar-refractivity contribution in [3.05, 3.63) is 22.9 Å². The summed E-state index contributed by atoms with van der Waals surface area (Å²) in [7, 11) is 2.14. The van der Waals surface area contributed by atoms with Crippen molar-refractivity contribution in [3.8, 4) is 0 Å². The number of aryl methyl sites for hydroxylation is 2. The van der Waals surface area contributed by atoms with E-state index in [4.69, 9.17) is 5.73 Å². The van der Waals surface area contributed by atoms with Crippen LogP contribution in [0.4, 0.5) is 5.82 Å². The first-order chi connectivity index (χ1) is 8.11. The molecular formula is C14H23N3. The van der Waals surface area contributed by atoms with Crippen LogP contribution in [0.3, 0.4) is 0 Å². The molecule has 1 heterocycles. The Bertz CT molecular complexity index is 397. The summed E-state index contributed by atoms with van der Waals surface area (Å²) in [5.41, 5.74) is 9.38. The summed E-state index contributed by atoms with van der Waals surface area (Å²) < 4.78 is 0. The molecule has 1 fully saturated rings. The minimum atomic E-state index is 0.573. The van der Waals surface area contributed by atoms with Crippen molar-refractivity contribution in [1.29, 1.82) is 0 Å². The first-order valence-corrected chi connectivity index (χ1v) is 6.50. The number of hydrogen-bond acceptors (Lipinski definition) is 3. The number of aromatic nitrogens is 1. The number of nitrogens with two attached hydrogens (primary N) is 1. The molecule has 0 saturated heterocycles. The van der Waals surface area contributed by atoms with Crippen LogP contribution < -0.4 is 10.6 Å². The fourth-order valence-corrected chi connectivity index (χ4v) is 2.56. The highest BCUT2D eigenvalue weighted by atomic mass is 15.2. The average molecular weight is 233 g/mol. The van der Waals surface area contributed by atoms with Crippen molar-refractivity contribution >= 4 is 5.82 Å². The van der Waals surface area contributed by atoms with Gasteiger partial charge in [0.1, 0.15) is 5.82 Å². The highest BCUT2D eigenvalue weighted by Gasteiger charge is 2.21. The lowest BCUT2D eigenvalue weighted by atomic mass is 9.85. The van der Waals surface area contributed by atoms with Crippen LogP contribution in [0.2, 0.25) is 0 Å². The summed E-state index contributed by atoms with van der Waals surface area (Å²) in [6.45, 7) is 5.86. The van der Waals surface area contributed by atoms with Gasteiger partial charge in [-0.3, -0.25) is 0 Å². The quantitative estimate of drug-likeness (QED) is 0.868. The van der Waals surface area contributed by atoms with E-state index in [1.165, 1.54) is 30.4 Å². The van der Waals surface area contributed by atoms with E-state index in [1.54, 1.807) is 0 Å². The van der Waals surface area contributed by atoms with Crippen LogP contribution in [0.5, 0.6) is 0 Å². The Kier molecular flexibility index (Phi) is 3.67. The van der Waals surface area contributed by atoms with E-state index >= 15 is 0 Å². The maximum Gasteiger partial charge on any atom is 0.133 e. The third-order valence-corrected chi connectivity index (χ3v) is 3.78. The van der Waals surface area contributed by atoms with Gasteiger partial charge in [0.2, 0.25) is 0 Å². The Hall–Kier alpha value is -1.09. The normalized spacial score (nSPS) is 15.8. The summed E-state index contributed by atoms with van der Waals surface area (Å²) in [4.78, 5) is 6.95. The second-order valence-electron chi connectivity index (χ2n) is 5.26. The largest absolute Gasteiger partial charge is 0.359 e. The Morgan fingerprint density at radius 1 is 1.41 bits per heavy atom. The Morgan fingerprint density at radius 3 is 2.65 bits per heavy atom. The topological polar surface area (TPSA) is 42.1 Å². The molecule has 2 N–H and O–H groups in total. The predicted octanol–water partition coefficient (Wildman–Crippen LogP) is 2.39. The second kappa shape index (κ2) is 5.05. The molecular weight excluding hydrogens is 210 g/mol. The fraction of sp³-hybridized carbons (Fsp3) is 0.643. The smallest absolute Gasteiger partial charge is 0.133 e. The molecule has 1 saturated carbocycles. The van der Waals surface area contributed by atoms with Crippen molar-refractivity contribution < 1.29 is 0 Å². The van der Waals surface area contributed by atoms with Gasteiger partial charge in [0.05, 0.1) is 0 Å². The maximum atomic E-state index is 5.85. The van der Waals surface area contributed by atoms with Crippen molar-refractivity contribution in [2.24, 2.45) is 11.7 Å². The molecule has 94 valence electrons. The van der Waals surface area contributed by atoms with Gasteiger partial charge >= 0.3 is 0 Å². The number of anilines is 1. The molecule has 0 unspecified atom stereocenters. The maximum absolute atomic E-state index is 5.85. The van der Waals surface area contributed by atoms with E-state index < -0.39 is 0 Å². The van der Waals surface area contributed by atoms with Crippen molar-refractivity contribution in [2.45, 2.75) is 39.7 Å². The van der Waals surface area contributed by atoms with Crippen molar-refractivity contribution in [2.75, 3.05) is 18.5 Å². The molecule has 0 aliphatic heterocycles. The molecule has 0 radical (unpaired) electrons. The number of pyridine rings is 1. The van der Waals surface area contributed by atoms with Crippen LogP contribution >= 0.6 is 0 Å². The molecule has 0 spiro atoms. The summed E-state index contributed by atoms with van der Waals surface area (Å²) in [5, 5.41) is 0. The van der Waals surface area contributed by atoms with Gasteiger partial charge in [0.15, 0.2) is 0 Å². The van der Waals surface area contributed by atoms with Crippen molar-refractivity contribution in [3.63, 3.8) is 0 Å². The van der Waals surface area contributed by atoms with Gasteiger partial charge in [0.25, 0.3) is 0 Å². The highest BCUT2D eigenvalue weighted by molar-refractivity contribution is 5.51. The van der Waals surface area contributed by atoms with Gasteiger partial charge in [-0.1, -0.05) is 6.42 Å². The van der Waals surface area contributed by atoms with Gasteiger partial charge < -0.3 is 10.6 Å². The van der Waals surface area contributed by atoms with Crippen LogP contribution in [0.15, 0.2) is 6.07 Å². The van der Waals surface area contributed by atoms with Crippen molar-refractivity contribution in [1.82, 2.24) is 4.98 Å². The van der Waals surface area contributed by atoms with Gasteiger partial charge in [-0.2, -0.15) is 0 Å². The number of rotatable bonds is 4. The molecule has 0 atom stereocenters. The third-order valence-electron chi connectivity index (χ3n) is 3.78. The highest BCUT2D eigenvalue weighted by Crippen LogP contribution is 2.29. The monoisotopic (exact) mass is 233 g/mol. The lowest BCUT2D eigenvalue weighted by molar-refractivity contribution is 0.321. The number of hydrogen-bond donors (Lipinski definition) is 1. The van der Waals surface area contributed by atoms with Gasteiger partial charge in [-0.25, -0.2) is 4.98 Å². The molecule has 17 heavy (non-hydrogen) atoms. The Labute approximate surface area is 104 Å². The Morgan fingerprint density at radius 2 is 2.12 bits per heavy atom. The van der Waals surface area contributed by atoms with Crippen LogP contribution in [-0.4, -0.2) is 18.6 Å². The molecule has 0 bridgehead atoms. The van der Waals surface area contributed by atoms with Gasteiger partial charge in [-0.15, -0.1) is 0 Å². The van der Waals surface area contributed by atoms with Gasteiger partial charge in [-0.05, 0) is 44.2 Å². The SMILES string of the molecule is Cc1cc(C)c(CN)c(N(C)CC2CCC2)n1. The fourth-order valence-electron chi connectivity index (χ4n) is 2.56. The summed E-state index contributed by atoms with van der Waals surface area (Å²) in [6, 6.07) is 2.11. The third kappa shape index (κ3) is 2.60. The minimum absolute atomic E-state index is 0.573. The standard InChI is InChI=1S/C14H23N3/c1-10-7-11(2)16-14(13(10)8-15)17(3)9-12-5-4-6-12/h7,12H,4-6,8-9,15H2,1-3H3. The van der Waals surface area contributed by atoms with Crippen LogP contribution in [0.25, 0.3) is 0 Å². The van der Waals surface area contributed by atoms with Crippen LogP contribution in [0, 0.1) is 19.8 Å². The molecule has 1 aromatic heterocycles. The molecule has 1 aliphatic rings. The summed E-state index contributed by atoms with van der Waals surface area (Å²) >= 11 is 0. The molecule has 1 aliphatic carbocycles. The van der Waals surface area contributed by atoms with E-state index in [-0.39, 0.29) is 0 Å². The lowest BCUT2D eigenvalue weighted by Gasteiger charge is -2.32. The molecule has 2 rings (SSSR count). The zero-order chi connectivity index (χ0) is 12.4. The zero-order valence-electron chi connectivity index (χ0n) is 11.2. The van der Waals surface area contributed by atoms with E-state index in [0.717, 1.165) is 24.0 Å². The molecule has 0 aromatic carbocycles. The summed E-state index contributed by atoms with van der Waals surface area (Å²) in [6.07, 6.45) is 4.13. The molecule has 3 heteroatoms. The van der Waals surface area contributed by atoms with E-state index in [0.29, 0.717) is 6.54 Å². The number of nitrogens with zero attached hydrogens (tertiary/aromatic N) is 2. The van der Waals surface area contributed by atoms with E-state index in [1.807, 2.05) is 6.92 Å². The zero-order valence-corrected chi connectivity index (χ0v) is 11.2. The molecule has 3 nitrogen and oxygen atoms in total. The van der Waals surface area contributed by atoms with Gasteiger partial charge in [0, 0.05) is 31.4 Å². The first-order valence-electron chi connectivity index (χ1n) is 6.50. The molecule has 0 amide bonds. The van der Waals surface area contributed by atoms with E-state index in [2.05, 4.69) is 29.9 Å².